The predicted molar refractivity (Wildman–Crippen MR) is 84.1 cm³/mol. The smallest absolute Gasteiger partial charge is 0.343 e. The number of piperidine rings is 1. The van der Waals surface area contributed by atoms with Gasteiger partial charge in [-0.3, -0.25) is 9.48 Å². The van der Waals surface area contributed by atoms with Crippen LogP contribution in [0.3, 0.4) is 0 Å². The summed E-state index contributed by atoms with van der Waals surface area (Å²) in [7, 11) is 0. The van der Waals surface area contributed by atoms with Crippen LogP contribution in [0.15, 0.2) is 10.9 Å². The Morgan fingerprint density at radius 1 is 1.35 bits per heavy atom. The van der Waals surface area contributed by atoms with Gasteiger partial charge in [0.05, 0.1) is 18.2 Å². The van der Waals surface area contributed by atoms with Crippen molar-refractivity contribution in [2.45, 2.75) is 58.3 Å². The van der Waals surface area contributed by atoms with Crippen LogP contribution in [0.25, 0.3) is 0 Å². The van der Waals surface area contributed by atoms with E-state index < -0.39 is 12.7 Å². The lowest BCUT2D eigenvalue weighted by Gasteiger charge is -2.34. The first-order chi connectivity index (χ1) is 12.3. The molecule has 0 aromatic carbocycles. The summed E-state index contributed by atoms with van der Waals surface area (Å²) in [6.45, 7) is 2.58. The van der Waals surface area contributed by atoms with Crippen LogP contribution in [0.1, 0.15) is 48.1 Å². The fourth-order valence-electron chi connectivity index (χ4n) is 3.39. The highest BCUT2D eigenvalue weighted by Gasteiger charge is 2.33. The van der Waals surface area contributed by atoms with Gasteiger partial charge in [-0.2, -0.15) is 23.3 Å². The number of nitrogens with zero attached hydrogens (tertiary/aromatic N) is 5. The molecule has 0 radical (unpaired) electrons. The molecule has 3 rings (SSSR count). The van der Waals surface area contributed by atoms with Gasteiger partial charge in [0.2, 0.25) is 12.3 Å². The van der Waals surface area contributed by atoms with Gasteiger partial charge in [-0.05, 0) is 33.1 Å². The maximum Gasteiger partial charge on any atom is 0.408 e. The first-order valence-electron chi connectivity index (χ1n) is 8.41. The molecule has 0 bridgehead atoms. The number of hydrogen-bond donors (Lipinski definition) is 0. The lowest BCUT2D eigenvalue weighted by Crippen LogP contribution is -2.40. The topological polar surface area (TPSA) is 77.0 Å². The van der Waals surface area contributed by atoms with Crippen LogP contribution < -0.4 is 0 Å². The maximum atomic E-state index is 12.9. The average Bonchev–Trinajstić information content (AvgIpc) is 3.18. The molecule has 1 atom stereocenters. The van der Waals surface area contributed by atoms with Gasteiger partial charge < -0.3 is 9.42 Å². The molecule has 142 valence electrons. The fourth-order valence-corrected chi connectivity index (χ4v) is 3.39. The van der Waals surface area contributed by atoms with Gasteiger partial charge in [-0.1, -0.05) is 5.16 Å². The summed E-state index contributed by atoms with van der Waals surface area (Å²) in [5.41, 5.74) is 1.34. The first kappa shape index (κ1) is 18.4. The summed E-state index contributed by atoms with van der Waals surface area (Å²) in [5, 5.41) is 7.79. The van der Waals surface area contributed by atoms with Gasteiger partial charge >= 0.3 is 6.18 Å². The third-order valence-electron chi connectivity index (χ3n) is 4.69. The van der Waals surface area contributed by atoms with E-state index in [0.29, 0.717) is 29.3 Å². The molecule has 0 aliphatic carbocycles. The van der Waals surface area contributed by atoms with Crippen molar-refractivity contribution in [3.05, 3.63) is 29.2 Å². The van der Waals surface area contributed by atoms with Crippen LogP contribution >= 0.6 is 0 Å². The standard InChI is InChI=1S/C16H20F3N5O2/c1-10-12(11(2)24(21-10)8-16(17,18)19)7-14(25)23-6-4-3-5-13(23)15-20-9-26-22-15/h9,13H,3-8H2,1-2H3. The van der Waals surface area contributed by atoms with E-state index in [1.807, 2.05) is 0 Å². The summed E-state index contributed by atoms with van der Waals surface area (Å²) in [6.07, 6.45) is -0.584. The molecular formula is C16H20F3N5O2. The summed E-state index contributed by atoms with van der Waals surface area (Å²) >= 11 is 0. The number of halogens is 3. The maximum absolute atomic E-state index is 12.9. The van der Waals surface area contributed by atoms with Crippen molar-refractivity contribution >= 4 is 5.91 Å². The van der Waals surface area contributed by atoms with E-state index in [0.717, 1.165) is 23.9 Å². The third-order valence-corrected chi connectivity index (χ3v) is 4.69. The number of hydrogen-bond acceptors (Lipinski definition) is 5. The zero-order valence-electron chi connectivity index (χ0n) is 14.6. The van der Waals surface area contributed by atoms with Crippen molar-refractivity contribution in [1.29, 1.82) is 0 Å². The molecule has 3 heterocycles. The molecule has 1 amide bonds. The lowest BCUT2D eigenvalue weighted by molar-refractivity contribution is -0.143. The number of rotatable bonds is 4. The molecule has 1 aliphatic heterocycles. The Kier molecular flexibility index (Phi) is 5.01. The van der Waals surface area contributed by atoms with Gasteiger partial charge in [-0.25, -0.2) is 0 Å². The molecule has 1 unspecified atom stereocenters. The summed E-state index contributed by atoms with van der Waals surface area (Å²) < 4.78 is 43.7. The molecule has 1 aliphatic rings. The quantitative estimate of drug-likeness (QED) is 0.826. The second kappa shape index (κ2) is 7.08. The number of aromatic nitrogens is 4. The summed E-state index contributed by atoms with van der Waals surface area (Å²) in [6, 6.07) is -0.263. The molecule has 0 saturated carbocycles. The third kappa shape index (κ3) is 3.88. The van der Waals surface area contributed by atoms with Gasteiger partial charge in [0.15, 0.2) is 5.82 Å². The number of amides is 1. The van der Waals surface area contributed by atoms with E-state index >= 15 is 0 Å². The lowest BCUT2D eigenvalue weighted by atomic mass is 10.00. The molecule has 1 saturated heterocycles. The molecular weight excluding hydrogens is 351 g/mol. The Bertz CT molecular complexity index is 770. The number of carbonyl (C=O) groups excluding carboxylic acids is 1. The second-order valence-corrected chi connectivity index (χ2v) is 6.49. The number of alkyl halides is 3. The van der Waals surface area contributed by atoms with Crippen molar-refractivity contribution in [3.8, 4) is 0 Å². The van der Waals surface area contributed by atoms with Gasteiger partial charge in [0.25, 0.3) is 0 Å². The first-order valence-corrected chi connectivity index (χ1v) is 8.41. The van der Waals surface area contributed by atoms with Crippen molar-refractivity contribution in [2.75, 3.05) is 6.54 Å². The minimum Gasteiger partial charge on any atom is -0.343 e. The number of likely N-dealkylation sites (tertiary alicyclic amines) is 1. The fraction of sp³-hybridized carbons (Fsp3) is 0.625. The summed E-state index contributed by atoms with van der Waals surface area (Å²) in [5.74, 6) is 0.288. The Morgan fingerprint density at radius 2 is 2.12 bits per heavy atom. The minimum absolute atomic E-state index is 0.00384. The second-order valence-electron chi connectivity index (χ2n) is 6.49. The van der Waals surface area contributed by atoms with Crippen molar-refractivity contribution in [1.82, 2.24) is 24.8 Å². The molecule has 0 N–H and O–H groups in total. The van der Waals surface area contributed by atoms with Crippen molar-refractivity contribution in [3.63, 3.8) is 0 Å². The molecule has 1 fully saturated rings. The van der Waals surface area contributed by atoms with Gasteiger partial charge in [-0.15, -0.1) is 0 Å². The molecule has 2 aromatic heterocycles. The molecule has 26 heavy (non-hydrogen) atoms. The van der Waals surface area contributed by atoms with Crippen molar-refractivity contribution < 1.29 is 22.5 Å². The normalized spacial score (nSPS) is 18.3. The highest BCUT2D eigenvalue weighted by Crippen LogP contribution is 2.30. The van der Waals surface area contributed by atoms with Gasteiger partial charge in [0.1, 0.15) is 6.54 Å². The van der Waals surface area contributed by atoms with E-state index in [1.165, 1.54) is 6.39 Å². The average molecular weight is 371 g/mol. The highest BCUT2D eigenvalue weighted by molar-refractivity contribution is 5.79. The van der Waals surface area contributed by atoms with Crippen LogP contribution in [0.4, 0.5) is 13.2 Å². The monoisotopic (exact) mass is 371 g/mol. The number of aryl methyl sites for hydroxylation is 1. The van der Waals surface area contributed by atoms with Crippen molar-refractivity contribution in [2.24, 2.45) is 0 Å². The zero-order valence-corrected chi connectivity index (χ0v) is 14.6. The number of carbonyl (C=O) groups is 1. The van der Waals surface area contributed by atoms with E-state index in [1.54, 1.807) is 18.7 Å². The van der Waals surface area contributed by atoms with Crippen LogP contribution in [-0.4, -0.2) is 43.4 Å². The Labute approximate surface area is 148 Å². The molecule has 10 heteroatoms. The predicted octanol–water partition coefficient (Wildman–Crippen LogP) is 2.74. The Morgan fingerprint density at radius 3 is 2.77 bits per heavy atom. The highest BCUT2D eigenvalue weighted by atomic mass is 19.4. The van der Waals surface area contributed by atoms with E-state index in [4.69, 9.17) is 4.52 Å². The van der Waals surface area contributed by atoms with E-state index in [-0.39, 0.29) is 18.4 Å². The minimum atomic E-state index is -4.36. The Hall–Kier alpha value is -2.39. The molecule has 0 spiro atoms. The van der Waals surface area contributed by atoms with E-state index in [9.17, 15) is 18.0 Å². The Balaban J connectivity index is 1.79. The zero-order chi connectivity index (χ0) is 18.9. The molecule has 2 aromatic rings. The largest absolute Gasteiger partial charge is 0.408 e. The van der Waals surface area contributed by atoms with Crippen LogP contribution in [-0.2, 0) is 17.8 Å². The molecule has 7 nitrogen and oxygen atoms in total. The summed E-state index contributed by atoms with van der Waals surface area (Å²) in [4.78, 5) is 18.6. The SMILES string of the molecule is Cc1nn(CC(F)(F)F)c(C)c1CC(=O)N1CCCCC1c1ncon1. The van der Waals surface area contributed by atoms with Gasteiger partial charge in [0, 0.05) is 17.8 Å². The van der Waals surface area contributed by atoms with Crippen LogP contribution in [0.2, 0.25) is 0 Å². The van der Waals surface area contributed by atoms with E-state index in [2.05, 4.69) is 15.2 Å². The van der Waals surface area contributed by atoms with Crippen LogP contribution in [0.5, 0.6) is 0 Å². The van der Waals surface area contributed by atoms with Crippen LogP contribution in [0, 0.1) is 13.8 Å².